The predicted molar refractivity (Wildman–Crippen MR) is 101 cm³/mol. The fourth-order valence-electron chi connectivity index (χ4n) is 3.69. The van der Waals surface area contributed by atoms with Crippen molar-refractivity contribution in [3.8, 4) is 11.4 Å². The Morgan fingerprint density at radius 3 is 2.64 bits per heavy atom. The molecule has 1 atom stereocenters. The number of ether oxygens (including phenoxy) is 1. The number of rotatable bonds is 4. The van der Waals surface area contributed by atoms with Crippen LogP contribution in [0.15, 0.2) is 54.7 Å². The number of hydrogen-bond acceptors (Lipinski definition) is 3. The second kappa shape index (κ2) is 6.84. The number of nitrogens with zero attached hydrogens (tertiary/aromatic N) is 1. The lowest BCUT2D eigenvalue weighted by atomic mass is 9.87. The Morgan fingerprint density at radius 2 is 1.93 bits per heavy atom. The summed E-state index contributed by atoms with van der Waals surface area (Å²) in [5, 5.41) is 12.3. The molecule has 6 nitrogen and oxygen atoms in total. The summed E-state index contributed by atoms with van der Waals surface area (Å²) >= 11 is 0. The van der Waals surface area contributed by atoms with E-state index in [1.165, 1.54) is 23.9 Å². The number of halogens is 1. The first-order valence-electron chi connectivity index (χ1n) is 8.67. The Kier molecular flexibility index (Phi) is 4.35. The van der Waals surface area contributed by atoms with E-state index in [1.807, 2.05) is 18.2 Å². The lowest BCUT2D eigenvalue weighted by Crippen LogP contribution is -2.26. The van der Waals surface area contributed by atoms with Crippen molar-refractivity contribution in [2.75, 3.05) is 12.4 Å². The first-order valence-corrected chi connectivity index (χ1v) is 8.67. The Labute approximate surface area is 160 Å². The Morgan fingerprint density at radius 1 is 1.21 bits per heavy atom. The molecule has 2 N–H and O–H groups in total. The van der Waals surface area contributed by atoms with Crippen molar-refractivity contribution in [2.45, 2.75) is 12.3 Å². The number of anilines is 1. The zero-order valence-corrected chi connectivity index (χ0v) is 15.0. The molecule has 0 fully saturated rings. The summed E-state index contributed by atoms with van der Waals surface area (Å²) in [4.78, 5) is 24.2. The van der Waals surface area contributed by atoms with Gasteiger partial charge < -0.3 is 19.7 Å². The van der Waals surface area contributed by atoms with Crippen molar-refractivity contribution in [3.63, 3.8) is 0 Å². The molecule has 0 aliphatic carbocycles. The Hall–Kier alpha value is -3.61. The number of amides is 1. The van der Waals surface area contributed by atoms with Crippen molar-refractivity contribution >= 4 is 17.6 Å². The van der Waals surface area contributed by atoms with Gasteiger partial charge in [-0.1, -0.05) is 30.3 Å². The van der Waals surface area contributed by atoms with Crippen LogP contribution in [0, 0.1) is 5.82 Å². The first-order chi connectivity index (χ1) is 13.5. The highest BCUT2D eigenvalue weighted by Gasteiger charge is 2.36. The van der Waals surface area contributed by atoms with Gasteiger partial charge in [0.15, 0.2) is 0 Å². The molecular weight excluding hydrogens is 363 g/mol. The van der Waals surface area contributed by atoms with E-state index >= 15 is 0 Å². The third-order valence-corrected chi connectivity index (χ3v) is 4.88. The van der Waals surface area contributed by atoms with Gasteiger partial charge in [0.05, 0.1) is 24.2 Å². The van der Waals surface area contributed by atoms with Crippen LogP contribution in [0.1, 0.15) is 34.0 Å². The summed E-state index contributed by atoms with van der Waals surface area (Å²) in [6.07, 6.45) is 1.43. The molecule has 0 saturated heterocycles. The summed E-state index contributed by atoms with van der Waals surface area (Å²) in [7, 11) is 1.53. The molecule has 1 amide bonds. The van der Waals surface area contributed by atoms with Crippen LogP contribution >= 0.6 is 0 Å². The SMILES string of the molecule is COc1ccccc1C1CC(=O)Nc2c(C(=O)O)cn(-c3ccccc3F)c21. The number of carboxylic acids is 1. The minimum Gasteiger partial charge on any atom is -0.496 e. The molecule has 142 valence electrons. The zero-order valence-electron chi connectivity index (χ0n) is 15.0. The molecular formula is C21H17FN2O4. The normalized spacial score (nSPS) is 15.6. The van der Waals surface area contributed by atoms with Gasteiger partial charge in [-0.15, -0.1) is 0 Å². The maximum absolute atomic E-state index is 14.5. The van der Waals surface area contributed by atoms with E-state index in [9.17, 15) is 19.1 Å². The molecule has 3 aromatic rings. The Balaban J connectivity index is 2.02. The van der Waals surface area contributed by atoms with E-state index in [0.717, 1.165) is 5.56 Å². The highest BCUT2D eigenvalue weighted by Crippen LogP contribution is 2.44. The third-order valence-electron chi connectivity index (χ3n) is 4.88. The first kappa shape index (κ1) is 17.8. The lowest BCUT2D eigenvalue weighted by molar-refractivity contribution is -0.116. The van der Waals surface area contributed by atoms with Gasteiger partial charge in [0.25, 0.3) is 0 Å². The summed E-state index contributed by atoms with van der Waals surface area (Å²) in [5.74, 6) is -1.92. The van der Waals surface area contributed by atoms with Crippen LogP contribution in [0.25, 0.3) is 5.69 Å². The number of hydrogen-bond donors (Lipinski definition) is 2. The molecule has 0 radical (unpaired) electrons. The van der Waals surface area contributed by atoms with Crippen molar-refractivity contribution < 1.29 is 23.8 Å². The van der Waals surface area contributed by atoms with Crippen molar-refractivity contribution in [1.82, 2.24) is 4.57 Å². The Bertz CT molecular complexity index is 1090. The van der Waals surface area contributed by atoms with Crippen LogP contribution in [0.4, 0.5) is 10.1 Å². The summed E-state index contributed by atoms with van der Waals surface area (Å²) in [6.45, 7) is 0. The number of para-hydroxylation sites is 2. The number of methoxy groups -OCH3 is 1. The van der Waals surface area contributed by atoms with Gasteiger partial charge in [0.2, 0.25) is 5.91 Å². The average molecular weight is 380 g/mol. The molecule has 0 saturated carbocycles. The summed E-state index contributed by atoms with van der Waals surface area (Å²) < 4.78 is 21.5. The van der Waals surface area contributed by atoms with Gasteiger partial charge in [0.1, 0.15) is 17.1 Å². The number of aromatic carboxylic acids is 1. The maximum Gasteiger partial charge on any atom is 0.339 e. The molecule has 2 aromatic carbocycles. The van der Waals surface area contributed by atoms with Crippen LogP contribution in [-0.4, -0.2) is 28.7 Å². The standard InChI is InChI=1S/C21H17FN2O4/c1-28-17-9-5-2-6-12(17)13-10-18(25)23-19-14(21(26)27)11-24(20(13)19)16-8-4-3-7-15(16)22/h2-9,11,13H,10H2,1H3,(H,23,25)(H,26,27). The van der Waals surface area contributed by atoms with Gasteiger partial charge in [-0.25, -0.2) is 9.18 Å². The minimum atomic E-state index is -1.20. The molecule has 1 aliphatic rings. The summed E-state index contributed by atoms with van der Waals surface area (Å²) in [6, 6.07) is 13.3. The number of aromatic nitrogens is 1. The number of carbonyl (C=O) groups excluding carboxylic acids is 1. The number of nitrogens with one attached hydrogen (secondary N) is 1. The molecule has 1 aliphatic heterocycles. The van der Waals surface area contributed by atoms with Gasteiger partial charge in [-0.05, 0) is 18.2 Å². The number of benzene rings is 2. The summed E-state index contributed by atoms with van der Waals surface area (Å²) in [5.41, 5.74) is 1.54. The van der Waals surface area contributed by atoms with E-state index < -0.39 is 17.7 Å². The topological polar surface area (TPSA) is 80.6 Å². The fourth-order valence-corrected chi connectivity index (χ4v) is 3.69. The smallest absolute Gasteiger partial charge is 0.339 e. The van der Waals surface area contributed by atoms with E-state index in [2.05, 4.69) is 5.32 Å². The van der Waals surface area contributed by atoms with Crippen LogP contribution in [0.5, 0.6) is 5.75 Å². The molecule has 0 bridgehead atoms. The molecule has 28 heavy (non-hydrogen) atoms. The van der Waals surface area contributed by atoms with Gasteiger partial charge in [0, 0.05) is 24.1 Å². The highest BCUT2D eigenvalue weighted by atomic mass is 19.1. The van der Waals surface area contributed by atoms with Gasteiger partial charge in [-0.3, -0.25) is 4.79 Å². The quantitative estimate of drug-likeness (QED) is 0.722. The number of fused-ring (bicyclic) bond motifs is 1. The molecule has 0 spiro atoms. The predicted octanol–water partition coefficient (Wildman–Crippen LogP) is 3.80. The van der Waals surface area contributed by atoms with Crippen molar-refractivity contribution in [3.05, 3.63) is 77.4 Å². The van der Waals surface area contributed by atoms with Gasteiger partial charge in [-0.2, -0.15) is 0 Å². The highest BCUT2D eigenvalue weighted by molar-refractivity contribution is 6.04. The van der Waals surface area contributed by atoms with Crippen molar-refractivity contribution in [2.24, 2.45) is 0 Å². The maximum atomic E-state index is 14.5. The molecule has 2 heterocycles. The number of carboxylic acid groups (broad SMARTS) is 1. The van der Waals surface area contributed by atoms with Crippen LogP contribution in [-0.2, 0) is 4.79 Å². The van der Waals surface area contributed by atoms with Crippen LogP contribution in [0.2, 0.25) is 0 Å². The van der Waals surface area contributed by atoms with Crippen LogP contribution < -0.4 is 10.1 Å². The van der Waals surface area contributed by atoms with E-state index in [-0.39, 0.29) is 29.3 Å². The van der Waals surface area contributed by atoms with Crippen molar-refractivity contribution in [1.29, 1.82) is 0 Å². The molecule has 1 aromatic heterocycles. The third kappa shape index (κ3) is 2.81. The second-order valence-corrected chi connectivity index (χ2v) is 6.48. The fraction of sp³-hybridized carbons (Fsp3) is 0.143. The monoisotopic (exact) mass is 380 g/mol. The van der Waals surface area contributed by atoms with E-state index in [1.54, 1.807) is 24.3 Å². The van der Waals surface area contributed by atoms with Gasteiger partial charge >= 0.3 is 5.97 Å². The minimum absolute atomic E-state index is 0.0882. The average Bonchev–Trinajstić information content (AvgIpc) is 3.07. The van der Waals surface area contributed by atoms with E-state index in [4.69, 9.17) is 4.74 Å². The molecule has 1 unspecified atom stereocenters. The molecule has 4 rings (SSSR count). The second-order valence-electron chi connectivity index (χ2n) is 6.48. The lowest BCUT2D eigenvalue weighted by Gasteiger charge is -2.27. The number of carbonyl (C=O) groups is 2. The largest absolute Gasteiger partial charge is 0.496 e. The molecule has 7 heteroatoms. The zero-order chi connectivity index (χ0) is 19.8. The van der Waals surface area contributed by atoms with Crippen LogP contribution in [0.3, 0.4) is 0 Å². The van der Waals surface area contributed by atoms with E-state index in [0.29, 0.717) is 11.4 Å².